The lowest BCUT2D eigenvalue weighted by atomic mass is 10.0. The van der Waals surface area contributed by atoms with Crippen LogP contribution in [-0.4, -0.2) is 18.5 Å². The Labute approximate surface area is 165 Å². The number of carbonyl (C=O) groups is 2. The molecular formula is C22H19NO4S. The minimum Gasteiger partial charge on any atom is -0.464 e. The lowest BCUT2D eigenvalue weighted by Crippen LogP contribution is -2.31. The lowest BCUT2D eigenvalue weighted by molar-refractivity contribution is -0.148. The number of carbonyl (C=O) groups excluding carboxylic acids is 2. The molecule has 0 aliphatic rings. The Morgan fingerprint density at radius 2 is 2.00 bits per heavy atom. The summed E-state index contributed by atoms with van der Waals surface area (Å²) in [4.78, 5) is 25.4. The summed E-state index contributed by atoms with van der Waals surface area (Å²) in [5, 5.41) is 7.79. The van der Waals surface area contributed by atoms with E-state index in [0.29, 0.717) is 0 Å². The van der Waals surface area contributed by atoms with Gasteiger partial charge in [-0.05, 0) is 35.2 Å². The van der Waals surface area contributed by atoms with E-state index in [4.69, 9.17) is 9.15 Å². The van der Waals surface area contributed by atoms with Crippen LogP contribution >= 0.6 is 11.3 Å². The Hall–Kier alpha value is -3.12. The fourth-order valence-corrected chi connectivity index (χ4v) is 3.98. The summed E-state index contributed by atoms with van der Waals surface area (Å²) < 4.78 is 10.8. The number of furan rings is 1. The van der Waals surface area contributed by atoms with Crippen molar-refractivity contribution in [3.8, 4) is 0 Å². The van der Waals surface area contributed by atoms with E-state index in [1.54, 1.807) is 17.6 Å². The molecule has 1 N–H and O–H groups in total. The minimum atomic E-state index is -0.463. The number of fused-ring (bicyclic) bond motifs is 3. The number of thiophene rings is 1. The normalized spacial score (nSPS) is 12.2. The van der Waals surface area contributed by atoms with Gasteiger partial charge in [0.15, 0.2) is 6.61 Å². The molecule has 0 spiro atoms. The van der Waals surface area contributed by atoms with Crippen molar-refractivity contribution < 1.29 is 18.7 Å². The maximum Gasteiger partial charge on any atom is 0.310 e. The third-order valence-electron chi connectivity index (χ3n) is 4.59. The minimum absolute atomic E-state index is 0.0504. The number of esters is 1. The van der Waals surface area contributed by atoms with Gasteiger partial charge in [0.25, 0.3) is 5.91 Å². The first-order valence-corrected chi connectivity index (χ1v) is 9.86. The Bertz CT molecular complexity index is 1130. The predicted octanol–water partition coefficient (Wildman–Crippen LogP) is 4.61. The molecule has 0 unspecified atom stereocenters. The van der Waals surface area contributed by atoms with Crippen LogP contribution in [0.5, 0.6) is 0 Å². The third-order valence-corrected chi connectivity index (χ3v) is 5.64. The molecule has 4 rings (SSSR count). The van der Waals surface area contributed by atoms with E-state index < -0.39 is 5.97 Å². The second-order valence-corrected chi connectivity index (χ2v) is 7.54. The van der Waals surface area contributed by atoms with E-state index in [1.165, 1.54) is 0 Å². The number of benzene rings is 2. The molecule has 1 amide bonds. The van der Waals surface area contributed by atoms with Gasteiger partial charge >= 0.3 is 5.97 Å². The highest BCUT2D eigenvalue weighted by atomic mass is 32.1. The van der Waals surface area contributed by atoms with Gasteiger partial charge < -0.3 is 14.5 Å². The second-order valence-electron chi connectivity index (χ2n) is 6.56. The zero-order valence-electron chi connectivity index (χ0n) is 15.3. The first kappa shape index (κ1) is 18.3. The maximum absolute atomic E-state index is 12.3. The first-order chi connectivity index (χ1) is 13.6. The number of rotatable bonds is 6. The van der Waals surface area contributed by atoms with Crippen molar-refractivity contribution in [1.82, 2.24) is 5.32 Å². The van der Waals surface area contributed by atoms with Crippen LogP contribution in [0, 0.1) is 0 Å². The molecule has 0 saturated carbocycles. The van der Waals surface area contributed by atoms with Crippen molar-refractivity contribution in [2.24, 2.45) is 0 Å². The number of hydrogen-bond acceptors (Lipinski definition) is 5. The third kappa shape index (κ3) is 3.77. The number of amides is 1. The number of nitrogens with one attached hydrogen (secondary N) is 1. The Balaban J connectivity index is 1.40. The van der Waals surface area contributed by atoms with Gasteiger partial charge in [-0.25, -0.2) is 0 Å². The van der Waals surface area contributed by atoms with Crippen LogP contribution in [0.25, 0.3) is 21.7 Å². The van der Waals surface area contributed by atoms with E-state index in [9.17, 15) is 9.59 Å². The molecule has 0 aliphatic heterocycles. The lowest BCUT2D eigenvalue weighted by Gasteiger charge is -2.12. The zero-order valence-corrected chi connectivity index (χ0v) is 16.1. The average molecular weight is 393 g/mol. The molecule has 0 radical (unpaired) electrons. The Kier molecular flexibility index (Phi) is 5.12. The standard InChI is InChI=1S/C22H19NO4S/c1-14(19-7-4-10-28-19)23-20(24)13-27-21(25)11-16-12-26-18-9-8-15-5-2-3-6-17(15)22(16)18/h2-10,12,14H,11,13H2,1H3,(H,23,24)/t14-/m1/s1. The van der Waals surface area contributed by atoms with Gasteiger partial charge in [-0.1, -0.05) is 36.4 Å². The van der Waals surface area contributed by atoms with Crippen molar-refractivity contribution in [2.75, 3.05) is 6.61 Å². The van der Waals surface area contributed by atoms with Gasteiger partial charge in [0.2, 0.25) is 0 Å². The molecular weight excluding hydrogens is 374 g/mol. The Morgan fingerprint density at radius 1 is 1.14 bits per heavy atom. The average Bonchev–Trinajstić information content (AvgIpc) is 3.37. The fraction of sp³-hybridized carbons (Fsp3) is 0.182. The molecule has 5 nitrogen and oxygen atoms in total. The molecule has 0 aliphatic carbocycles. The zero-order chi connectivity index (χ0) is 19.5. The molecule has 2 heterocycles. The summed E-state index contributed by atoms with van der Waals surface area (Å²) in [6.07, 6.45) is 1.63. The topological polar surface area (TPSA) is 68.5 Å². The molecule has 1 atom stereocenters. The molecule has 2 aromatic heterocycles. The molecule has 142 valence electrons. The van der Waals surface area contributed by atoms with E-state index in [1.807, 2.05) is 60.8 Å². The highest BCUT2D eigenvalue weighted by Crippen LogP contribution is 2.30. The van der Waals surface area contributed by atoms with Crippen LogP contribution in [0.2, 0.25) is 0 Å². The summed E-state index contributed by atoms with van der Waals surface area (Å²) in [7, 11) is 0. The number of hydrogen-bond donors (Lipinski definition) is 1. The number of ether oxygens (including phenoxy) is 1. The van der Waals surface area contributed by atoms with E-state index in [2.05, 4.69) is 5.32 Å². The quantitative estimate of drug-likeness (QED) is 0.486. The van der Waals surface area contributed by atoms with E-state index in [0.717, 1.165) is 32.2 Å². The van der Waals surface area contributed by atoms with E-state index >= 15 is 0 Å². The van der Waals surface area contributed by atoms with Crippen molar-refractivity contribution >= 4 is 45.0 Å². The van der Waals surface area contributed by atoms with Crippen molar-refractivity contribution in [1.29, 1.82) is 0 Å². The monoisotopic (exact) mass is 393 g/mol. The second kappa shape index (κ2) is 7.86. The molecule has 0 bridgehead atoms. The van der Waals surface area contributed by atoms with Gasteiger partial charge in [0, 0.05) is 15.8 Å². The van der Waals surface area contributed by atoms with E-state index in [-0.39, 0.29) is 25.0 Å². The molecule has 6 heteroatoms. The largest absolute Gasteiger partial charge is 0.464 e. The molecule has 0 saturated heterocycles. The fourth-order valence-electron chi connectivity index (χ4n) is 3.25. The van der Waals surface area contributed by atoms with Crippen LogP contribution in [0.15, 0.2) is 64.6 Å². The molecule has 2 aromatic carbocycles. The first-order valence-electron chi connectivity index (χ1n) is 8.98. The smallest absolute Gasteiger partial charge is 0.310 e. The highest BCUT2D eigenvalue weighted by molar-refractivity contribution is 7.10. The van der Waals surface area contributed by atoms with Crippen LogP contribution < -0.4 is 5.32 Å². The summed E-state index contributed by atoms with van der Waals surface area (Å²) in [6.45, 7) is 1.60. The maximum atomic E-state index is 12.3. The summed E-state index contributed by atoms with van der Waals surface area (Å²) in [6, 6.07) is 15.6. The van der Waals surface area contributed by atoms with Crippen LogP contribution in [0.4, 0.5) is 0 Å². The van der Waals surface area contributed by atoms with Crippen LogP contribution in [-0.2, 0) is 20.7 Å². The van der Waals surface area contributed by atoms with Gasteiger partial charge in [-0.2, -0.15) is 0 Å². The summed E-state index contributed by atoms with van der Waals surface area (Å²) in [5.41, 5.74) is 1.48. The van der Waals surface area contributed by atoms with Crippen molar-refractivity contribution in [3.63, 3.8) is 0 Å². The SMILES string of the molecule is C[C@@H](NC(=O)COC(=O)Cc1coc2ccc3ccccc3c12)c1cccs1. The van der Waals surface area contributed by atoms with Gasteiger partial charge in [-0.15, -0.1) is 11.3 Å². The highest BCUT2D eigenvalue weighted by Gasteiger charge is 2.16. The van der Waals surface area contributed by atoms with Crippen molar-refractivity contribution in [2.45, 2.75) is 19.4 Å². The summed E-state index contributed by atoms with van der Waals surface area (Å²) >= 11 is 1.57. The summed E-state index contributed by atoms with van der Waals surface area (Å²) in [5.74, 6) is -0.786. The van der Waals surface area contributed by atoms with Crippen LogP contribution in [0.3, 0.4) is 0 Å². The Morgan fingerprint density at radius 3 is 2.82 bits per heavy atom. The van der Waals surface area contributed by atoms with Gasteiger partial charge in [-0.3, -0.25) is 9.59 Å². The van der Waals surface area contributed by atoms with Gasteiger partial charge in [0.05, 0.1) is 18.7 Å². The molecule has 4 aromatic rings. The van der Waals surface area contributed by atoms with Crippen molar-refractivity contribution in [3.05, 3.63) is 70.6 Å². The van der Waals surface area contributed by atoms with Gasteiger partial charge in [0.1, 0.15) is 5.58 Å². The molecule has 28 heavy (non-hydrogen) atoms. The predicted molar refractivity (Wildman–Crippen MR) is 109 cm³/mol. The van der Waals surface area contributed by atoms with Crippen LogP contribution in [0.1, 0.15) is 23.4 Å². The molecule has 0 fully saturated rings.